The molecule has 10 heteroatoms. The van der Waals surface area contributed by atoms with Gasteiger partial charge in [-0.2, -0.15) is 0 Å². The number of unbranched alkanes of at least 4 members (excludes halogenated alkanes) is 1. The number of hydrogen-bond acceptors (Lipinski definition) is 6. The van der Waals surface area contributed by atoms with Gasteiger partial charge in [0.15, 0.2) is 11.0 Å². The fourth-order valence-corrected chi connectivity index (χ4v) is 4.70. The van der Waals surface area contributed by atoms with E-state index in [9.17, 15) is 9.59 Å². The zero-order chi connectivity index (χ0) is 27.1. The molecule has 0 fully saturated rings. The van der Waals surface area contributed by atoms with Crippen LogP contribution in [0.1, 0.15) is 25.5 Å². The molecule has 4 rings (SSSR count). The summed E-state index contributed by atoms with van der Waals surface area (Å²) in [4.78, 5) is 25.9. The van der Waals surface area contributed by atoms with Crippen LogP contribution in [0.25, 0.3) is 17.1 Å². The number of para-hydroxylation sites is 1. The van der Waals surface area contributed by atoms with Crippen LogP contribution in [-0.4, -0.2) is 42.4 Å². The summed E-state index contributed by atoms with van der Waals surface area (Å²) in [7, 11) is 1.79. The summed E-state index contributed by atoms with van der Waals surface area (Å²) in [6, 6.07) is 17.0. The van der Waals surface area contributed by atoms with Gasteiger partial charge < -0.3 is 10.1 Å². The number of allylic oxidation sites excluding steroid dienone is 1. The summed E-state index contributed by atoms with van der Waals surface area (Å²) >= 11 is 1.25. The number of benzene rings is 2. The molecule has 9 nitrogen and oxygen atoms in total. The van der Waals surface area contributed by atoms with Gasteiger partial charge in [0.05, 0.1) is 23.7 Å². The number of nitrogens with zero attached hydrogens (tertiary/aromatic N) is 5. The Morgan fingerprint density at radius 3 is 2.55 bits per heavy atom. The van der Waals surface area contributed by atoms with Crippen LogP contribution in [0.5, 0.6) is 5.75 Å². The van der Waals surface area contributed by atoms with Crippen LogP contribution in [0.15, 0.2) is 77.2 Å². The Morgan fingerprint density at radius 2 is 1.87 bits per heavy atom. The van der Waals surface area contributed by atoms with Crippen molar-refractivity contribution in [2.45, 2.75) is 38.4 Å². The second kappa shape index (κ2) is 12.5. The lowest BCUT2D eigenvalue weighted by Gasteiger charge is -2.09. The van der Waals surface area contributed by atoms with E-state index in [4.69, 9.17) is 4.74 Å². The van der Waals surface area contributed by atoms with E-state index >= 15 is 0 Å². The molecule has 2 aromatic heterocycles. The molecule has 0 radical (unpaired) electrons. The molecule has 0 saturated carbocycles. The van der Waals surface area contributed by atoms with Crippen LogP contribution in [0, 0.1) is 6.92 Å². The molecule has 0 bridgehead atoms. The van der Waals surface area contributed by atoms with Crippen molar-refractivity contribution in [3.05, 3.63) is 83.3 Å². The summed E-state index contributed by atoms with van der Waals surface area (Å²) < 4.78 is 10.9. The molecule has 0 atom stereocenters. The van der Waals surface area contributed by atoms with Crippen LogP contribution < -0.4 is 15.6 Å². The highest BCUT2D eigenvalue weighted by Gasteiger charge is 2.20. The van der Waals surface area contributed by atoms with Crippen LogP contribution in [-0.2, 0) is 18.4 Å². The molecule has 2 aromatic carbocycles. The number of hydrogen-bond donors (Lipinski definition) is 1. The van der Waals surface area contributed by atoms with E-state index in [1.807, 2.05) is 59.2 Å². The summed E-state index contributed by atoms with van der Waals surface area (Å²) in [5.41, 5.74) is 2.25. The highest BCUT2D eigenvalue weighted by molar-refractivity contribution is 7.99. The fourth-order valence-electron chi connectivity index (χ4n) is 3.96. The van der Waals surface area contributed by atoms with Gasteiger partial charge in [0, 0.05) is 19.2 Å². The van der Waals surface area contributed by atoms with Gasteiger partial charge in [-0.05, 0) is 49.7 Å². The molecule has 1 amide bonds. The molecule has 1 N–H and O–H groups in total. The van der Waals surface area contributed by atoms with E-state index < -0.39 is 0 Å². The van der Waals surface area contributed by atoms with Crippen molar-refractivity contribution in [1.29, 1.82) is 0 Å². The van der Waals surface area contributed by atoms with Crippen LogP contribution in [0.4, 0.5) is 5.69 Å². The van der Waals surface area contributed by atoms with Gasteiger partial charge in [0.25, 0.3) is 5.56 Å². The van der Waals surface area contributed by atoms with Crippen molar-refractivity contribution in [2.24, 2.45) is 7.05 Å². The average Bonchev–Trinajstić information content (AvgIpc) is 3.42. The number of rotatable bonds is 12. The van der Waals surface area contributed by atoms with E-state index in [2.05, 4.69) is 29.0 Å². The van der Waals surface area contributed by atoms with Crippen LogP contribution in [0.3, 0.4) is 0 Å². The Bertz CT molecular complexity index is 1450. The Balaban J connectivity index is 1.46. The molecule has 4 aromatic rings. The topological polar surface area (TPSA) is 96.0 Å². The number of thioether (sulfide) groups is 1. The maximum absolute atomic E-state index is 13.1. The maximum Gasteiger partial charge on any atom is 0.295 e. The van der Waals surface area contributed by atoms with Gasteiger partial charge in [-0.3, -0.25) is 18.8 Å². The number of aromatic nitrogens is 5. The fraction of sp³-hybridized carbons (Fsp3) is 0.286. The minimum Gasteiger partial charge on any atom is -0.494 e. The Labute approximate surface area is 226 Å². The second-order valence-corrected chi connectivity index (χ2v) is 9.65. The third-order valence-corrected chi connectivity index (χ3v) is 7.03. The van der Waals surface area contributed by atoms with Crippen LogP contribution >= 0.6 is 11.8 Å². The van der Waals surface area contributed by atoms with E-state index in [-0.39, 0.29) is 22.9 Å². The SMILES string of the molecule is C=CCn1c(SCC(=O)Nc2c(C)n(C)n(-c3ccccc3)c2=O)nnc1-c1ccc(OCCCC)cc1. The van der Waals surface area contributed by atoms with Crippen molar-refractivity contribution in [1.82, 2.24) is 24.1 Å². The molecule has 198 valence electrons. The van der Waals surface area contributed by atoms with Gasteiger partial charge >= 0.3 is 0 Å². The van der Waals surface area contributed by atoms with Crippen molar-refractivity contribution >= 4 is 23.4 Å². The summed E-state index contributed by atoms with van der Waals surface area (Å²) in [5.74, 6) is 1.26. The third kappa shape index (κ3) is 5.91. The van der Waals surface area contributed by atoms with Gasteiger partial charge in [-0.25, -0.2) is 4.68 Å². The molecule has 0 aliphatic carbocycles. The largest absolute Gasteiger partial charge is 0.494 e. The lowest BCUT2D eigenvalue weighted by molar-refractivity contribution is -0.113. The van der Waals surface area contributed by atoms with Crippen molar-refractivity contribution in [2.75, 3.05) is 17.7 Å². The first-order valence-corrected chi connectivity index (χ1v) is 13.5. The minimum atomic E-state index is -0.302. The number of carbonyl (C=O) groups excluding carboxylic acids is 1. The quantitative estimate of drug-likeness (QED) is 0.159. The lowest BCUT2D eigenvalue weighted by Crippen LogP contribution is -2.23. The summed E-state index contributed by atoms with van der Waals surface area (Å²) in [5, 5.41) is 12.1. The number of nitrogens with one attached hydrogen (secondary N) is 1. The molecular formula is C28H32N6O3S. The van der Waals surface area contributed by atoms with Gasteiger partial charge in [0.1, 0.15) is 11.4 Å². The summed E-state index contributed by atoms with van der Waals surface area (Å²) in [6.07, 6.45) is 3.85. The predicted octanol–water partition coefficient (Wildman–Crippen LogP) is 4.84. The molecule has 0 aliphatic heterocycles. The van der Waals surface area contributed by atoms with Crippen molar-refractivity contribution < 1.29 is 9.53 Å². The molecule has 0 saturated heterocycles. The van der Waals surface area contributed by atoms with Crippen molar-refractivity contribution in [3.8, 4) is 22.8 Å². The Kier molecular flexibility index (Phi) is 8.85. The Morgan fingerprint density at radius 1 is 1.13 bits per heavy atom. The molecule has 38 heavy (non-hydrogen) atoms. The highest BCUT2D eigenvalue weighted by Crippen LogP contribution is 2.26. The normalized spacial score (nSPS) is 10.9. The number of carbonyl (C=O) groups is 1. The van der Waals surface area contributed by atoms with Gasteiger partial charge in [-0.1, -0.05) is 49.4 Å². The average molecular weight is 533 g/mol. The first-order valence-electron chi connectivity index (χ1n) is 12.5. The molecule has 0 unspecified atom stereocenters. The zero-order valence-electron chi connectivity index (χ0n) is 21.9. The number of ether oxygens (including phenoxy) is 1. The molecule has 0 aliphatic rings. The standard InChI is InChI=1S/C28H32N6O3S/c1-5-7-18-37-23-15-13-21(14-16-23)26-30-31-28(33(26)17-6-2)38-19-24(35)29-25-20(3)32(4)34(27(25)36)22-11-9-8-10-12-22/h6,8-16H,2,5,7,17-19H2,1,3-4H3,(H,29,35). The smallest absolute Gasteiger partial charge is 0.295 e. The molecular weight excluding hydrogens is 500 g/mol. The van der Waals surface area contributed by atoms with E-state index in [0.29, 0.717) is 29.8 Å². The monoisotopic (exact) mass is 532 g/mol. The molecule has 2 heterocycles. The van der Waals surface area contributed by atoms with E-state index in [1.165, 1.54) is 16.4 Å². The first kappa shape index (κ1) is 27.0. The lowest BCUT2D eigenvalue weighted by atomic mass is 10.2. The van der Waals surface area contributed by atoms with E-state index in [0.717, 1.165) is 29.8 Å². The van der Waals surface area contributed by atoms with Crippen molar-refractivity contribution in [3.63, 3.8) is 0 Å². The van der Waals surface area contributed by atoms with Gasteiger partial charge in [0.2, 0.25) is 5.91 Å². The second-order valence-electron chi connectivity index (χ2n) is 8.71. The molecule has 0 spiro atoms. The predicted molar refractivity (Wildman–Crippen MR) is 151 cm³/mol. The highest BCUT2D eigenvalue weighted by atomic mass is 32.2. The van der Waals surface area contributed by atoms with Crippen LogP contribution in [0.2, 0.25) is 0 Å². The first-order chi connectivity index (χ1) is 18.4. The zero-order valence-corrected chi connectivity index (χ0v) is 22.7. The number of amides is 1. The third-order valence-electron chi connectivity index (χ3n) is 6.06. The maximum atomic E-state index is 13.1. The Hall–Kier alpha value is -4.05. The number of anilines is 1. The van der Waals surface area contributed by atoms with E-state index in [1.54, 1.807) is 24.7 Å². The minimum absolute atomic E-state index is 0.0680. The van der Waals surface area contributed by atoms with Gasteiger partial charge in [-0.15, -0.1) is 16.8 Å². The summed E-state index contributed by atoms with van der Waals surface area (Å²) in [6.45, 7) is 8.95.